The first-order valence-corrected chi connectivity index (χ1v) is 27.3. The van der Waals surface area contributed by atoms with Crippen LogP contribution in [-0.4, -0.2) is 4.98 Å². The third-order valence-electron chi connectivity index (χ3n) is 15.1. The molecule has 4 heteroatoms. The van der Waals surface area contributed by atoms with Gasteiger partial charge in [0.2, 0.25) is 0 Å². The Morgan fingerprint density at radius 2 is 0.613 bits per heavy atom. The maximum atomic E-state index is 5.33. The number of rotatable bonds is 15. The minimum Gasteiger partial charge on any atom is -0.311 e. The molecule has 1 aromatic heterocycles. The van der Waals surface area contributed by atoms with E-state index >= 15 is 0 Å². The summed E-state index contributed by atoms with van der Waals surface area (Å²) in [6.07, 6.45) is 11.0. The number of aromatic nitrogens is 1. The minimum atomic E-state index is -0.798. The van der Waals surface area contributed by atoms with Crippen molar-refractivity contribution in [3.8, 4) is 11.1 Å². The molecule has 380 valence electrons. The van der Waals surface area contributed by atoms with Crippen molar-refractivity contribution < 1.29 is 0 Å². The molecular formula is C76H56N4. The first-order chi connectivity index (χ1) is 39.7. The van der Waals surface area contributed by atoms with Gasteiger partial charge in [0.15, 0.2) is 0 Å². The van der Waals surface area contributed by atoms with Gasteiger partial charge in [-0.3, -0.25) is 4.98 Å². The number of anilines is 9. The van der Waals surface area contributed by atoms with E-state index in [0.29, 0.717) is 0 Å². The second kappa shape index (κ2) is 22.2. The molecular weight excluding hydrogens is 969 g/mol. The molecule has 0 radical (unpaired) electrons. The molecule has 0 atom stereocenters. The van der Waals surface area contributed by atoms with Crippen molar-refractivity contribution in [1.82, 2.24) is 4.98 Å². The maximum Gasteiger partial charge on any atom is 0.0886 e. The summed E-state index contributed by atoms with van der Waals surface area (Å²) in [7, 11) is 0. The van der Waals surface area contributed by atoms with Gasteiger partial charge >= 0.3 is 0 Å². The van der Waals surface area contributed by atoms with E-state index in [1.807, 2.05) is 12.3 Å². The van der Waals surface area contributed by atoms with E-state index in [4.69, 9.17) is 4.98 Å². The Balaban J connectivity index is 0.964. The highest BCUT2D eigenvalue weighted by molar-refractivity contribution is 5.92. The molecule has 0 aliphatic heterocycles. The van der Waals surface area contributed by atoms with Gasteiger partial charge in [0.25, 0.3) is 0 Å². The third kappa shape index (κ3) is 9.46. The molecule has 4 nitrogen and oxygen atoms in total. The van der Waals surface area contributed by atoms with Crippen molar-refractivity contribution in [1.29, 1.82) is 0 Å². The van der Waals surface area contributed by atoms with Crippen LogP contribution in [0.4, 0.5) is 51.2 Å². The monoisotopic (exact) mass is 1020 g/mol. The molecule has 1 aliphatic carbocycles. The zero-order valence-electron chi connectivity index (χ0n) is 44.1. The van der Waals surface area contributed by atoms with Crippen molar-refractivity contribution in [2.24, 2.45) is 0 Å². The summed E-state index contributed by atoms with van der Waals surface area (Å²) < 4.78 is 0. The lowest BCUT2D eigenvalue weighted by atomic mass is 9.69. The lowest BCUT2D eigenvalue weighted by Crippen LogP contribution is -2.30. The number of hydrogen-bond acceptors (Lipinski definition) is 4. The first-order valence-electron chi connectivity index (χ1n) is 27.3. The fourth-order valence-electron chi connectivity index (χ4n) is 11.5. The highest BCUT2D eigenvalue weighted by atomic mass is 15.2. The quantitative estimate of drug-likeness (QED) is 0.0955. The van der Waals surface area contributed by atoms with Crippen molar-refractivity contribution in [3.63, 3.8) is 0 Å². The summed E-state index contributed by atoms with van der Waals surface area (Å²) in [6.45, 7) is 0. The third-order valence-corrected chi connectivity index (χ3v) is 15.1. The highest BCUT2D eigenvalue weighted by Crippen LogP contribution is 2.57. The summed E-state index contributed by atoms with van der Waals surface area (Å²) in [6, 6.07) is 110. The van der Waals surface area contributed by atoms with Crippen LogP contribution in [0.3, 0.4) is 0 Å². The van der Waals surface area contributed by atoms with Gasteiger partial charge in [0.1, 0.15) is 0 Å². The number of pyridine rings is 1. The molecule has 0 saturated heterocycles. The number of hydrogen-bond donors (Lipinski definition) is 0. The van der Waals surface area contributed by atoms with Crippen molar-refractivity contribution in [2.45, 2.75) is 5.41 Å². The topological polar surface area (TPSA) is 22.6 Å². The average molecular weight is 1030 g/mol. The van der Waals surface area contributed by atoms with Crippen LogP contribution in [0.25, 0.3) is 35.4 Å². The average Bonchev–Trinajstić information content (AvgIpc) is 3.34. The Morgan fingerprint density at radius 3 is 0.988 bits per heavy atom. The fourth-order valence-corrected chi connectivity index (χ4v) is 11.5. The summed E-state index contributed by atoms with van der Waals surface area (Å²) in [4.78, 5) is 12.3. The zero-order valence-corrected chi connectivity index (χ0v) is 44.1. The smallest absolute Gasteiger partial charge is 0.0886 e. The highest BCUT2D eigenvalue weighted by Gasteiger charge is 2.47. The Labute approximate surface area is 469 Å². The fraction of sp³-hybridized carbons (Fsp3) is 0.0132. The van der Waals surface area contributed by atoms with Gasteiger partial charge in [-0.2, -0.15) is 0 Å². The summed E-state index contributed by atoms with van der Waals surface area (Å²) >= 11 is 0. The van der Waals surface area contributed by atoms with Crippen molar-refractivity contribution in [3.05, 3.63) is 360 Å². The zero-order chi connectivity index (χ0) is 53.5. The van der Waals surface area contributed by atoms with Gasteiger partial charge in [0.05, 0.1) is 22.5 Å². The van der Waals surface area contributed by atoms with E-state index in [1.54, 1.807) is 0 Å². The molecule has 0 spiro atoms. The van der Waals surface area contributed by atoms with Crippen LogP contribution in [-0.2, 0) is 5.41 Å². The molecule has 0 saturated carbocycles. The van der Waals surface area contributed by atoms with E-state index in [0.717, 1.165) is 84.7 Å². The van der Waals surface area contributed by atoms with E-state index in [1.165, 1.54) is 22.3 Å². The second-order valence-corrected chi connectivity index (χ2v) is 19.9. The second-order valence-electron chi connectivity index (χ2n) is 19.9. The predicted octanol–water partition coefficient (Wildman–Crippen LogP) is 20.2. The van der Waals surface area contributed by atoms with Gasteiger partial charge < -0.3 is 14.7 Å². The van der Waals surface area contributed by atoms with E-state index in [-0.39, 0.29) is 0 Å². The predicted molar refractivity (Wildman–Crippen MR) is 336 cm³/mol. The largest absolute Gasteiger partial charge is 0.311 e. The van der Waals surface area contributed by atoms with Crippen LogP contribution in [0.15, 0.2) is 316 Å². The van der Waals surface area contributed by atoms with Crippen molar-refractivity contribution >= 4 is 75.5 Å². The number of benzene rings is 11. The Morgan fingerprint density at radius 1 is 0.275 bits per heavy atom. The van der Waals surface area contributed by atoms with Crippen LogP contribution in [0.5, 0.6) is 0 Å². The Kier molecular flexibility index (Phi) is 13.6. The standard InChI is InChI=1S/C76H56N4/c1-7-27-62(28-8-1)78(63-29-9-2-10-30-63)68-50-48-61(49-51-68)76(75-41-23-24-54-77-75)71-55-57(42-46-59-25-19-21-39-73(59)79(64-31-11-3-12-32-64)65-33-13-4-14-34-65)44-52-69(71)70-53-45-58(56-72(70)76)43-47-60-26-20-22-40-74(60)80(66-35-15-5-16-36-66)67-37-17-6-18-38-67/h1-56H/b46-42+,47-43+. The van der Waals surface area contributed by atoms with Gasteiger partial charge in [-0.25, -0.2) is 0 Å². The first kappa shape index (κ1) is 49.0. The van der Waals surface area contributed by atoms with Gasteiger partial charge in [-0.1, -0.05) is 212 Å². The van der Waals surface area contributed by atoms with Crippen LogP contribution in [0.1, 0.15) is 44.6 Å². The van der Waals surface area contributed by atoms with E-state index in [2.05, 4.69) is 342 Å². The normalized spacial score (nSPS) is 12.2. The number of nitrogens with zero attached hydrogens (tertiary/aromatic N) is 4. The summed E-state index contributed by atoms with van der Waals surface area (Å²) in [5.41, 5.74) is 20.2. The van der Waals surface area contributed by atoms with Gasteiger partial charge in [-0.05, 0) is 171 Å². The molecule has 1 aliphatic rings. The molecule has 0 N–H and O–H groups in total. The molecule has 0 unspecified atom stereocenters. The van der Waals surface area contributed by atoms with Gasteiger partial charge in [0, 0.05) is 46.0 Å². The summed E-state index contributed by atoms with van der Waals surface area (Å²) in [5, 5.41) is 0. The van der Waals surface area contributed by atoms with Gasteiger partial charge in [-0.15, -0.1) is 0 Å². The van der Waals surface area contributed by atoms with Crippen LogP contribution >= 0.6 is 0 Å². The molecule has 11 aromatic carbocycles. The maximum absolute atomic E-state index is 5.33. The van der Waals surface area contributed by atoms with E-state index < -0.39 is 5.41 Å². The minimum absolute atomic E-state index is 0.798. The molecule has 80 heavy (non-hydrogen) atoms. The summed E-state index contributed by atoms with van der Waals surface area (Å²) in [5.74, 6) is 0. The van der Waals surface area contributed by atoms with Crippen molar-refractivity contribution in [2.75, 3.05) is 14.7 Å². The molecule has 0 bridgehead atoms. The Hall–Kier alpha value is -10.6. The Bertz CT molecular complexity index is 3790. The lowest BCUT2D eigenvalue weighted by Gasteiger charge is -2.33. The van der Waals surface area contributed by atoms with Crippen LogP contribution in [0, 0.1) is 0 Å². The lowest BCUT2D eigenvalue weighted by molar-refractivity contribution is 0.734. The van der Waals surface area contributed by atoms with Crippen LogP contribution in [0.2, 0.25) is 0 Å². The molecule has 12 aromatic rings. The number of fused-ring (bicyclic) bond motifs is 3. The van der Waals surface area contributed by atoms with Crippen LogP contribution < -0.4 is 14.7 Å². The SMILES string of the molecule is C(=C\c1ccccc1N(c1ccccc1)c1ccccc1)/c1ccc2c(c1)C(c1ccc(N(c3ccccc3)c3ccccc3)cc1)(c1ccccn1)c1cc(/C=C/c3ccccc3N(c3ccccc3)c3ccccc3)ccc1-2. The molecule has 1 heterocycles. The van der Waals surface area contributed by atoms with E-state index in [9.17, 15) is 0 Å². The number of para-hydroxylation sites is 8. The molecule has 13 rings (SSSR count). The molecule has 0 fully saturated rings. The molecule has 0 amide bonds.